The van der Waals surface area contributed by atoms with E-state index in [1.54, 1.807) is 32.3 Å². The van der Waals surface area contributed by atoms with Gasteiger partial charge in [0, 0.05) is 52.6 Å². The van der Waals surface area contributed by atoms with Crippen molar-refractivity contribution in [3.05, 3.63) is 95.2 Å². The summed E-state index contributed by atoms with van der Waals surface area (Å²) < 4.78 is 71.3. The first kappa shape index (κ1) is 33.1. The highest BCUT2D eigenvalue weighted by atomic mass is 19.4. The molecule has 3 atom stereocenters. The molecule has 1 aliphatic carbocycles. The third kappa shape index (κ3) is 5.89. The van der Waals surface area contributed by atoms with E-state index in [1.807, 2.05) is 13.0 Å². The van der Waals surface area contributed by atoms with Crippen LogP contribution in [0.2, 0.25) is 0 Å². The van der Waals surface area contributed by atoms with Crippen molar-refractivity contribution >= 4 is 12.2 Å². The third-order valence-electron chi connectivity index (χ3n) is 9.29. The number of hydrogen-bond acceptors (Lipinski definition) is 7. The zero-order valence-electron chi connectivity index (χ0n) is 26.5. The molecule has 0 saturated heterocycles. The molecule has 4 aromatic rings. The number of rotatable bonds is 10. The second-order valence-electron chi connectivity index (χ2n) is 12.7. The highest BCUT2D eigenvalue weighted by Crippen LogP contribution is 2.49. The summed E-state index contributed by atoms with van der Waals surface area (Å²) in [6, 6.07) is 12.1. The number of amides is 1. The van der Waals surface area contributed by atoms with Gasteiger partial charge in [0.1, 0.15) is 29.3 Å². The van der Waals surface area contributed by atoms with Crippen molar-refractivity contribution in [2.45, 2.75) is 62.8 Å². The number of nitrogens with zero attached hydrogens (tertiary/aromatic N) is 2. The molecule has 0 spiro atoms. The van der Waals surface area contributed by atoms with E-state index in [1.165, 1.54) is 30.3 Å². The lowest BCUT2D eigenvalue weighted by Crippen LogP contribution is -2.53. The van der Waals surface area contributed by atoms with Crippen LogP contribution >= 0.6 is 0 Å². The Labute approximate surface area is 274 Å². The monoisotopic (exact) mass is 662 g/mol. The molecule has 6 rings (SSSR count). The normalized spacial score (nSPS) is 19.1. The first-order valence-electron chi connectivity index (χ1n) is 15.5. The zero-order chi connectivity index (χ0) is 34.4. The number of carbonyl (C=O) groups excluding carboxylic acids is 2. The molecule has 2 aliphatic rings. The number of benzene rings is 2. The number of pyridine rings is 2. The molecule has 250 valence electrons. The van der Waals surface area contributed by atoms with Crippen molar-refractivity contribution in [2.75, 3.05) is 13.2 Å². The number of halogens is 4. The van der Waals surface area contributed by atoms with Gasteiger partial charge in [-0.3, -0.25) is 9.78 Å². The van der Waals surface area contributed by atoms with E-state index in [-0.39, 0.29) is 41.6 Å². The van der Waals surface area contributed by atoms with Gasteiger partial charge in [-0.15, -0.1) is 0 Å². The molecule has 0 bridgehead atoms. The summed E-state index contributed by atoms with van der Waals surface area (Å²) in [6.07, 6.45) is -0.423. The number of hydrogen-bond donors (Lipinski definition) is 2. The van der Waals surface area contributed by atoms with E-state index in [9.17, 15) is 14.0 Å². The highest BCUT2D eigenvalue weighted by molar-refractivity contribution is 5.96. The molecule has 0 radical (unpaired) electrons. The number of aldehydes is 1. The van der Waals surface area contributed by atoms with Crippen LogP contribution in [-0.4, -0.2) is 53.6 Å². The molecule has 1 aliphatic heterocycles. The predicted octanol–water partition coefficient (Wildman–Crippen LogP) is 6.23. The largest absolute Gasteiger partial charge is 0.490 e. The SMILES string of the molecule is Cc1cnccc1-c1ccc(C(=O)NC[C@](C=O)(c2cc3c(c(-c4ccc(F)cc4)n2)OC[C@]3(C)C(C)N)C(F)(F)F)cc1OC1CC1. The van der Waals surface area contributed by atoms with Crippen molar-refractivity contribution in [1.82, 2.24) is 15.3 Å². The van der Waals surface area contributed by atoms with Gasteiger partial charge in [0.25, 0.3) is 5.91 Å². The number of ether oxygens (including phenoxy) is 2. The molecule has 3 N–H and O–H groups in total. The number of nitrogens with one attached hydrogen (secondary N) is 1. The van der Waals surface area contributed by atoms with Crippen LogP contribution in [0.25, 0.3) is 22.4 Å². The topological polar surface area (TPSA) is 116 Å². The van der Waals surface area contributed by atoms with Gasteiger partial charge in [0.15, 0.2) is 5.41 Å². The lowest BCUT2D eigenvalue weighted by molar-refractivity contribution is -0.186. The summed E-state index contributed by atoms with van der Waals surface area (Å²) in [5, 5.41) is 2.34. The molecule has 3 heterocycles. The van der Waals surface area contributed by atoms with Crippen LogP contribution in [0.5, 0.6) is 11.5 Å². The Morgan fingerprint density at radius 2 is 1.88 bits per heavy atom. The number of carbonyl (C=O) groups is 2. The van der Waals surface area contributed by atoms with Crippen LogP contribution in [0.1, 0.15) is 53.9 Å². The Morgan fingerprint density at radius 3 is 2.50 bits per heavy atom. The molecule has 1 saturated carbocycles. The quantitative estimate of drug-likeness (QED) is 0.153. The second-order valence-corrected chi connectivity index (χ2v) is 12.7. The Bertz CT molecular complexity index is 1880. The van der Waals surface area contributed by atoms with Crippen LogP contribution in [0.4, 0.5) is 17.6 Å². The maximum absolute atomic E-state index is 15.1. The number of alkyl halides is 3. The number of aryl methyl sites for hydroxylation is 1. The Morgan fingerprint density at radius 1 is 1.15 bits per heavy atom. The highest BCUT2D eigenvalue weighted by Gasteiger charge is 2.58. The van der Waals surface area contributed by atoms with Crippen LogP contribution < -0.4 is 20.5 Å². The molecule has 1 unspecified atom stereocenters. The van der Waals surface area contributed by atoms with E-state index in [0.717, 1.165) is 36.1 Å². The van der Waals surface area contributed by atoms with Gasteiger partial charge >= 0.3 is 6.18 Å². The molecule has 1 fully saturated rings. The summed E-state index contributed by atoms with van der Waals surface area (Å²) in [4.78, 5) is 34.6. The smallest absolute Gasteiger partial charge is 0.408 e. The second kappa shape index (κ2) is 12.3. The van der Waals surface area contributed by atoms with Crippen LogP contribution in [0.15, 0.2) is 67.0 Å². The van der Waals surface area contributed by atoms with Gasteiger partial charge in [0.2, 0.25) is 0 Å². The third-order valence-corrected chi connectivity index (χ3v) is 9.29. The molecule has 12 heteroatoms. The van der Waals surface area contributed by atoms with E-state index >= 15 is 13.2 Å². The van der Waals surface area contributed by atoms with Crippen LogP contribution in [0.3, 0.4) is 0 Å². The molecule has 48 heavy (non-hydrogen) atoms. The molecule has 8 nitrogen and oxygen atoms in total. The first-order chi connectivity index (χ1) is 22.8. The molecule has 1 amide bonds. The zero-order valence-corrected chi connectivity index (χ0v) is 26.5. The van der Waals surface area contributed by atoms with Gasteiger partial charge in [-0.2, -0.15) is 13.2 Å². The van der Waals surface area contributed by atoms with E-state index in [0.29, 0.717) is 16.9 Å². The Hall–Kier alpha value is -4.84. The van der Waals surface area contributed by atoms with Gasteiger partial charge in [-0.25, -0.2) is 9.37 Å². The summed E-state index contributed by atoms with van der Waals surface area (Å²) >= 11 is 0. The van der Waals surface area contributed by atoms with Crippen molar-refractivity contribution in [2.24, 2.45) is 5.73 Å². The minimum absolute atomic E-state index is 0.00228. The van der Waals surface area contributed by atoms with E-state index in [2.05, 4.69) is 15.3 Å². The van der Waals surface area contributed by atoms with Gasteiger partial charge < -0.3 is 25.3 Å². The first-order valence-corrected chi connectivity index (χ1v) is 15.5. The van der Waals surface area contributed by atoms with Crippen LogP contribution in [-0.2, 0) is 15.6 Å². The average Bonchev–Trinajstić information content (AvgIpc) is 3.81. The van der Waals surface area contributed by atoms with Gasteiger partial charge in [-0.05, 0) is 92.4 Å². The minimum atomic E-state index is -5.18. The van der Waals surface area contributed by atoms with Crippen molar-refractivity contribution in [3.63, 3.8) is 0 Å². The standard InChI is InChI=1S/C36H34F4N4O4/c1-20-16-42-13-12-26(20)27-11-6-23(14-29(27)48-25-9-10-25)33(46)43-17-35(18-45,36(38,39)40)30-15-28-32(47-19-34(28,3)21(2)41)31(44-30)22-4-7-24(37)8-5-22/h4-8,11-16,18,21,25H,9-10,17,19,41H2,1-3H3,(H,43,46)/t21?,34-,35+/m1/s1. The molecule has 2 aromatic heterocycles. The van der Waals surface area contributed by atoms with E-state index in [4.69, 9.17) is 15.2 Å². The fourth-order valence-electron chi connectivity index (χ4n) is 5.76. The summed E-state index contributed by atoms with van der Waals surface area (Å²) in [7, 11) is 0. The molecular weight excluding hydrogens is 628 g/mol. The van der Waals surface area contributed by atoms with Crippen molar-refractivity contribution < 1.29 is 36.6 Å². The van der Waals surface area contributed by atoms with Crippen molar-refractivity contribution in [3.8, 4) is 33.9 Å². The average molecular weight is 663 g/mol. The molecule has 2 aromatic carbocycles. The number of aromatic nitrogens is 2. The minimum Gasteiger partial charge on any atom is -0.490 e. The van der Waals surface area contributed by atoms with E-state index < -0.39 is 47.0 Å². The predicted molar refractivity (Wildman–Crippen MR) is 170 cm³/mol. The van der Waals surface area contributed by atoms with Crippen molar-refractivity contribution in [1.29, 1.82) is 0 Å². The van der Waals surface area contributed by atoms with Gasteiger partial charge in [0.05, 0.1) is 18.4 Å². The number of nitrogens with two attached hydrogens (primary N) is 1. The lowest BCUT2D eigenvalue weighted by Gasteiger charge is -2.32. The summed E-state index contributed by atoms with van der Waals surface area (Å²) in [6.45, 7) is 4.24. The summed E-state index contributed by atoms with van der Waals surface area (Å²) in [5.74, 6) is -0.782. The fraction of sp³-hybridized carbons (Fsp3) is 0.333. The maximum Gasteiger partial charge on any atom is 0.408 e. The Balaban J connectivity index is 1.40. The lowest BCUT2D eigenvalue weighted by atomic mass is 9.76. The Kier molecular flexibility index (Phi) is 8.49. The van der Waals surface area contributed by atoms with Crippen LogP contribution in [0, 0.1) is 12.7 Å². The molecular formula is C36H34F4N4O4. The van der Waals surface area contributed by atoms with Gasteiger partial charge in [-0.1, -0.05) is 6.92 Å². The summed E-state index contributed by atoms with van der Waals surface area (Å²) in [5.41, 5.74) is 4.53. The fourth-order valence-corrected chi connectivity index (χ4v) is 5.76. The number of fused-ring (bicyclic) bond motifs is 1. The maximum atomic E-state index is 15.1.